The van der Waals surface area contributed by atoms with E-state index in [0.29, 0.717) is 30.3 Å². The van der Waals surface area contributed by atoms with Gasteiger partial charge >= 0.3 is 5.97 Å². The van der Waals surface area contributed by atoms with E-state index in [1.54, 1.807) is 16.7 Å². The summed E-state index contributed by atoms with van der Waals surface area (Å²) in [4.78, 5) is 11.1. The normalized spacial score (nSPS) is 18.6. The van der Waals surface area contributed by atoms with Gasteiger partial charge in [-0.15, -0.1) is 10.2 Å². The quantitative estimate of drug-likeness (QED) is 0.818. The molecular weight excluding hydrogens is 210 g/mol. The lowest BCUT2D eigenvalue weighted by molar-refractivity contribution is -0.140. The van der Waals surface area contributed by atoms with Gasteiger partial charge in [0.1, 0.15) is 11.9 Å². The Hall–Kier alpha value is -2.11. The van der Waals surface area contributed by atoms with Crippen LogP contribution in [0.15, 0.2) is 22.8 Å². The van der Waals surface area contributed by atoms with Gasteiger partial charge in [-0.05, 0) is 18.6 Å². The van der Waals surface area contributed by atoms with Crippen molar-refractivity contribution in [1.82, 2.24) is 14.8 Å². The lowest BCUT2D eigenvalue weighted by atomic mass is 10.2. The predicted molar refractivity (Wildman–Crippen MR) is 52.7 cm³/mol. The maximum atomic E-state index is 11.1. The number of carbonyl (C=O) groups is 1. The van der Waals surface area contributed by atoms with Gasteiger partial charge in [0.15, 0.2) is 5.76 Å². The number of aryl methyl sites for hydroxylation is 1. The molecule has 2 aromatic heterocycles. The number of carboxylic acid groups (broad SMARTS) is 1. The van der Waals surface area contributed by atoms with Crippen LogP contribution in [0.25, 0.3) is 11.6 Å². The number of hydrogen-bond donors (Lipinski definition) is 1. The van der Waals surface area contributed by atoms with E-state index in [9.17, 15) is 4.79 Å². The van der Waals surface area contributed by atoms with Crippen LogP contribution in [0.3, 0.4) is 0 Å². The minimum Gasteiger partial charge on any atom is -0.480 e. The minimum absolute atomic E-state index is 0.491. The van der Waals surface area contributed by atoms with Crippen LogP contribution in [0.2, 0.25) is 0 Å². The highest BCUT2D eigenvalue weighted by molar-refractivity contribution is 5.73. The maximum Gasteiger partial charge on any atom is 0.326 e. The average molecular weight is 219 g/mol. The second-order valence-electron chi connectivity index (χ2n) is 3.68. The molecule has 1 aliphatic heterocycles. The Morgan fingerprint density at radius 1 is 1.56 bits per heavy atom. The second-order valence-corrected chi connectivity index (χ2v) is 3.68. The molecule has 1 atom stereocenters. The largest absolute Gasteiger partial charge is 0.480 e. The van der Waals surface area contributed by atoms with E-state index in [-0.39, 0.29) is 0 Å². The number of hydrogen-bond acceptors (Lipinski definition) is 4. The van der Waals surface area contributed by atoms with Crippen LogP contribution in [0.4, 0.5) is 0 Å². The van der Waals surface area contributed by atoms with Crippen LogP contribution in [0.1, 0.15) is 18.3 Å². The Kier molecular flexibility index (Phi) is 1.82. The van der Waals surface area contributed by atoms with Crippen molar-refractivity contribution >= 4 is 5.97 Å². The van der Waals surface area contributed by atoms with Crippen molar-refractivity contribution in [2.75, 3.05) is 0 Å². The van der Waals surface area contributed by atoms with Gasteiger partial charge in [0, 0.05) is 6.42 Å². The summed E-state index contributed by atoms with van der Waals surface area (Å²) in [6, 6.07) is 2.90. The number of fused-ring (bicyclic) bond motifs is 1. The molecule has 0 aliphatic carbocycles. The van der Waals surface area contributed by atoms with E-state index >= 15 is 0 Å². The molecule has 0 fully saturated rings. The van der Waals surface area contributed by atoms with Gasteiger partial charge in [0.2, 0.25) is 5.82 Å². The lowest BCUT2D eigenvalue weighted by Crippen LogP contribution is -2.15. The number of nitrogens with zero attached hydrogens (tertiary/aromatic N) is 3. The molecule has 0 spiro atoms. The maximum absolute atomic E-state index is 11.1. The molecule has 1 aliphatic rings. The molecule has 0 unspecified atom stereocenters. The van der Waals surface area contributed by atoms with Crippen LogP contribution in [0, 0.1) is 0 Å². The molecule has 2 aromatic rings. The van der Waals surface area contributed by atoms with E-state index in [1.807, 2.05) is 0 Å². The molecule has 0 aromatic carbocycles. The molecule has 82 valence electrons. The highest BCUT2D eigenvalue weighted by Crippen LogP contribution is 2.31. The second kappa shape index (κ2) is 3.19. The van der Waals surface area contributed by atoms with Crippen LogP contribution >= 0.6 is 0 Å². The van der Waals surface area contributed by atoms with Crippen molar-refractivity contribution < 1.29 is 14.3 Å². The van der Waals surface area contributed by atoms with Crippen molar-refractivity contribution in [3.63, 3.8) is 0 Å². The first-order valence-electron chi connectivity index (χ1n) is 4.98. The Balaban J connectivity index is 2.13. The van der Waals surface area contributed by atoms with E-state index in [0.717, 1.165) is 0 Å². The fourth-order valence-corrected chi connectivity index (χ4v) is 2.02. The molecule has 6 nitrogen and oxygen atoms in total. The van der Waals surface area contributed by atoms with E-state index in [2.05, 4.69) is 10.2 Å². The number of carboxylic acids is 1. The zero-order chi connectivity index (χ0) is 11.1. The fraction of sp³-hybridized carbons (Fsp3) is 0.300. The molecular formula is C10H9N3O3. The van der Waals surface area contributed by atoms with Gasteiger partial charge in [0.05, 0.1) is 6.26 Å². The number of aromatic nitrogens is 3. The van der Waals surface area contributed by atoms with Gasteiger partial charge in [-0.1, -0.05) is 0 Å². The van der Waals surface area contributed by atoms with E-state index in [4.69, 9.17) is 9.52 Å². The monoisotopic (exact) mass is 219 g/mol. The number of rotatable bonds is 2. The lowest BCUT2D eigenvalue weighted by Gasteiger charge is -2.08. The number of furan rings is 1. The first-order chi connectivity index (χ1) is 7.77. The van der Waals surface area contributed by atoms with Crippen LogP contribution in [0.5, 0.6) is 0 Å². The standard InChI is InChI=1S/C10H9N3O3/c14-10(15)6-3-4-8-11-12-9(13(6)8)7-2-1-5-16-7/h1-2,5-6H,3-4H2,(H,14,15)/t6-/m0/s1. The summed E-state index contributed by atoms with van der Waals surface area (Å²) >= 11 is 0. The molecule has 6 heteroatoms. The van der Waals surface area contributed by atoms with Gasteiger partial charge < -0.3 is 9.52 Å². The summed E-state index contributed by atoms with van der Waals surface area (Å²) in [7, 11) is 0. The Labute approximate surface area is 90.5 Å². The van der Waals surface area contributed by atoms with E-state index < -0.39 is 12.0 Å². The van der Waals surface area contributed by atoms with E-state index in [1.165, 1.54) is 6.26 Å². The summed E-state index contributed by atoms with van der Waals surface area (Å²) in [6.07, 6.45) is 2.74. The van der Waals surface area contributed by atoms with Gasteiger partial charge in [0.25, 0.3) is 0 Å². The van der Waals surface area contributed by atoms with Crippen molar-refractivity contribution in [3.8, 4) is 11.6 Å². The smallest absolute Gasteiger partial charge is 0.326 e. The number of aliphatic carboxylic acids is 1. The van der Waals surface area contributed by atoms with Gasteiger partial charge in [-0.3, -0.25) is 4.57 Å². The SMILES string of the molecule is O=C(O)[C@@H]1CCc2nnc(-c3ccco3)n21. The highest BCUT2D eigenvalue weighted by Gasteiger charge is 2.33. The summed E-state index contributed by atoms with van der Waals surface area (Å²) in [6.45, 7) is 0. The van der Waals surface area contributed by atoms with Crippen LogP contribution in [-0.2, 0) is 11.2 Å². The fourth-order valence-electron chi connectivity index (χ4n) is 2.02. The third-order valence-corrected chi connectivity index (χ3v) is 2.75. The molecule has 0 bridgehead atoms. The summed E-state index contributed by atoms with van der Waals surface area (Å²) in [5, 5.41) is 17.0. The molecule has 0 saturated heterocycles. The molecule has 0 radical (unpaired) electrons. The molecule has 0 saturated carbocycles. The topological polar surface area (TPSA) is 81.2 Å². The van der Waals surface area contributed by atoms with Crippen molar-refractivity contribution in [2.24, 2.45) is 0 Å². The van der Waals surface area contributed by atoms with Gasteiger partial charge in [-0.2, -0.15) is 0 Å². The first kappa shape index (κ1) is 9.14. The summed E-state index contributed by atoms with van der Waals surface area (Å²) in [5.41, 5.74) is 0. The van der Waals surface area contributed by atoms with Crippen molar-refractivity contribution in [3.05, 3.63) is 24.2 Å². The Morgan fingerprint density at radius 3 is 3.12 bits per heavy atom. The third-order valence-electron chi connectivity index (χ3n) is 2.75. The zero-order valence-electron chi connectivity index (χ0n) is 8.33. The molecule has 3 rings (SSSR count). The Morgan fingerprint density at radius 2 is 2.44 bits per heavy atom. The van der Waals surface area contributed by atoms with Crippen LogP contribution in [-0.4, -0.2) is 25.8 Å². The molecule has 3 heterocycles. The van der Waals surface area contributed by atoms with Crippen molar-refractivity contribution in [2.45, 2.75) is 18.9 Å². The molecule has 0 amide bonds. The molecule has 1 N–H and O–H groups in total. The average Bonchev–Trinajstić information content (AvgIpc) is 2.93. The van der Waals surface area contributed by atoms with Gasteiger partial charge in [-0.25, -0.2) is 4.79 Å². The summed E-state index contributed by atoms with van der Waals surface area (Å²) in [5.74, 6) is 0.891. The highest BCUT2D eigenvalue weighted by atomic mass is 16.4. The van der Waals surface area contributed by atoms with Crippen LogP contribution < -0.4 is 0 Å². The zero-order valence-corrected chi connectivity index (χ0v) is 8.33. The summed E-state index contributed by atoms with van der Waals surface area (Å²) < 4.78 is 6.86. The van der Waals surface area contributed by atoms with Crippen molar-refractivity contribution in [1.29, 1.82) is 0 Å². The predicted octanol–water partition coefficient (Wildman–Crippen LogP) is 1.11. The molecule has 16 heavy (non-hydrogen) atoms. The first-order valence-corrected chi connectivity index (χ1v) is 4.98. The minimum atomic E-state index is -0.855. The Bertz CT molecular complexity index is 530. The third kappa shape index (κ3) is 1.16.